The molecule has 5 rings (SSSR count). The van der Waals surface area contributed by atoms with Gasteiger partial charge in [-0.1, -0.05) is 91.0 Å². The highest BCUT2D eigenvalue weighted by Crippen LogP contribution is 2.44. The van der Waals surface area contributed by atoms with Crippen molar-refractivity contribution < 1.29 is 28.5 Å². The first-order valence-electron chi connectivity index (χ1n) is 15.1. The van der Waals surface area contributed by atoms with Crippen molar-refractivity contribution in [3.63, 3.8) is 0 Å². The van der Waals surface area contributed by atoms with Gasteiger partial charge in [0.15, 0.2) is 12.3 Å². The fourth-order valence-corrected chi connectivity index (χ4v) is 5.74. The van der Waals surface area contributed by atoms with Gasteiger partial charge in [0, 0.05) is 18.2 Å². The van der Waals surface area contributed by atoms with E-state index in [4.69, 9.17) is 18.9 Å². The van der Waals surface area contributed by atoms with Crippen LogP contribution in [0, 0.1) is 11.3 Å². The first kappa shape index (κ1) is 32.6. The SMILES string of the molecule is COC(=O)C[C@H]1[C@@H](OC(=O)C(C)(C)C)[C@H](n2ccc(=O)[nH]c2=O)O[C@@H]1COC(c1ccccc1)(c1ccccc1)c1ccccc1. The normalized spacial score (nSPS) is 19.8. The molecule has 4 aromatic rings. The molecule has 10 heteroatoms. The monoisotopic (exact) mass is 626 g/mol. The molecule has 240 valence electrons. The molecule has 10 nitrogen and oxygen atoms in total. The summed E-state index contributed by atoms with van der Waals surface area (Å²) in [5, 5.41) is 0. The Labute approximate surface area is 266 Å². The summed E-state index contributed by atoms with van der Waals surface area (Å²) < 4.78 is 25.7. The van der Waals surface area contributed by atoms with Crippen molar-refractivity contribution in [1.82, 2.24) is 9.55 Å². The second-order valence-corrected chi connectivity index (χ2v) is 12.2. The minimum Gasteiger partial charge on any atom is -0.469 e. The molecule has 1 fully saturated rings. The molecule has 46 heavy (non-hydrogen) atoms. The number of nitrogens with one attached hydrogen (secondary N) is 1. The quantitative estimate of drug-likeness (QED) is 0.200. The van der Waals surface area contributed by atoms with Crippen LogP contribution in [0.4, 0.5) is 0 Å². The Balaban J connectivity index is 1.62. The van der Waals surface area contributed by atoms with Crippen LogP contribution in [0.2, 0.25) is 0 Å². The number of carbonyl (C=O) groups excluding carboxylic acids is 2. The van der Waals surface area contributed by atoms with Gasteiger partial charge in [-0.05, 0) is 37.5 Å². The number of hydrogen-bond donors (Lipinski definition) is 1. The second kappa shape index (κ2) is 13.7. The van der Waals surface area contributed by atoms with E-state index < -0.39 is 58.6 Å². The van der Waals surface area contributed by atoms with Gasteiger partial charge in [-0.3, -0.25) is 23.9 Å². The van der Waals surface area contributed by atoms with Crippen molar-refractivity contribution >= 4 is 11.9 Å². The number of ether oxygens (including phenoxy) is 4. The van der Waals surface area contributed by atoms with E-state index in [9.17, 15) is 19.2 Å². The molecule has 0 aliphatic carbocycles. The Kier molecular flexibility index (Phi) is 9.69. The number of esters is 2. The van der Waals surface area contributed by atoms with Crippen LogP contribution in [-0.4, -0.2) is 47.4 Å². The number of aromatic nitrogens is 2. The highest BCUT2D eigenvalue weighted by atomic mass is 16.6. The molecule has 4 atom stereocenters. The van der Waals surface area contributed by atoms with Gasteiger partial charge in [0.2, 0.25) is 0 Å². The van der Waals surface area contributed by atoms with Crippen LogP contribution >= 0.6 is 0 Å². The third-order valence-corrected chi connectivity index (χ3v) is 8.11. The summed E-state index contributed by atoms with van der Waals surface area (Å²) in [6, 6.07) is 30.5. The number of benzene rings is 3. The van der Waals surface area contributed by atoms with Crippen molar-refractivity contribution in [2.75, 3.05) is 13.7 Å². The van der Waals surface area contributed by atoms with E-state index in [1.165, 1.54) is 19.4 Å². The van der Waals surface area contributed by atoms with Crippen LogP contribution in [0.5, 0.6) is 0 Å². The molecule has 0 amide bonds. The number of methoxy groups -OCH3 is 1. The maximum absolute atomic E-state index is 13.2. The molecule has 0 bridgehead atoms. The molecule has 1 saturated heterocycles. The lowest BCUT2D eigenvalue weighted by molar-refractivity contribution is -0.167. The summed E-state index contributed by atoms with van der Waals surface area (Å²) in [6.45, 7) is 5.04. The number of H-pyrrole nitrogens is 1. The maximum Gasteiger partial charge on any atom is 0.330 e. The van der Waals surface area contributed by atoms with Gasteiger partial charge in [-0.25, -0.2) is 4.79 Å². The molecule has 1 N–H and O–H groups in total. The van der Waals surface area contributed by atoms with Gasteiger partial charge in [0.1, 0.15) is 5.60 Å². The van der Waals surface area contributed by atoms with Gasteiger partial charge >= 0.3 is 17.6 Å². The Morgan fingerprint density at radius 1 is 0.826 bits per heavy atom. The van der Waals surface area contributed by atoms with Crippen LogP contribution in [0.1, 0.15) is 50.1 Å². The van der Waals surface area contributed by atoms with E-state index >= 15 is 0 Å². The minimum atomic E-state index is -1.17. The zero-order valence-corrected chi connectivity index (χ0v) is 26.3. The molecular weight excluding hydrogens is 588 g/mol. The van der Waals surface area contributed by atoms with Gasteiger partial charge < -0.3 is 18.9 Å². The molecule has 0 radical (unpaired) electrons. The van der Waals surface area contributed by atoms with Crippen LogP contribution < -0.4 is 11.2 Å². The lowest BCUT2D eigenvalue weighted by Crippen LogP contribution is -2.41. The van der Waals surface area contributed by atoms with Gasteiger partial charge in [-0.2, -0.15) is 0 Å². The van der Waals surface area contributed by atoms with Crippen molar-refractivity contribution in [2.24, 2.45) is 11.3 Å². The molecule has 0 unspecified atom stereocenters. The van der Waals surface area contributed by atoms with E-state index in [1.807, 2.05) is 91.0 Å². The minimum absolute atomic E-state index is 0.0709. The lowest BCUT2D eigenvalue weighted by Gasteiger charge is -2.37. The van der Waals surface area contributed by atoms with Crippen molar-refractivity contribution in [3.05, 3.63) is 141 Å². The number of nitrogens with zero attached hydrogens (tertiary/aromatic N) is 1. The standard InChI is InChI=1S/C36H38N2O8/c1-35(2,3)33(41)46-31-27(22-30(40)43-4)28(45-32(31)38-21-20-29(39)37-34(38)42)23-44-36(24-14-8-5-9-15-24,25-16-10-6-11-17-25)26-18-12-7-13-19-26/h5-21,27-28,31-32H,22-23H2,1-4H3,(H,37,39,42)/t27-,28-,31-,32-/m1/s1. The Morgan fingerprint density at radius 2 is 1.35 bits per heavy atom. The predicted molar refractivity (Wildman–Crippen MR) is 170 cm³/mol. The van der Waals surface area contributed by atoms with E-state index in [-0.39, 0.29) is 13.0 Å². The summed E-state index contributed by atoms with van der Waals surface area (Å²) in [4.78, 5) is 53.1. The fraction of sp³-hybridized carbons (Fsp3) is 0.333. The number of carbonyl (C=O) groups is 2. The smallest absolute Gasteiger partial charge is 0.330 e. The molecule has 2 heterocycles. The van der Waals surface area contributed by atoms with Crippen LogP contribution in [-0.2, 0) is 34.1 Å². The van der Waals surface area contributed by atoms with Gasteiger partial charge in [-0.15, -0.1) is 0 Å². The van der Waals surface area contributed by atoms with Crippen molar-refractivity contribution in [3.8, 4) is 0 Å². The lowest BCUT2D eigenvalue weighted by atomic mass is 9.80. The van der Waals surface area contributed by atoms with Gasteiger partial charge in [0.05, 0.1) is 31.7 Å². The van der Waals surface area contributed by atoms with E-state index in [1.54, 1.807) is 20.8 Å². The van der Waals surface area contributed by atoms with Crippen LogP contribution in [0.15, 0.2) is 113 Å². The Bertz CT molecular complexity index is 1650. The largest absolute Gasteiger partial charge is 0.469 e. The third-order valence-electron chi connectivity index (χ3n) is 8.11. The predicted octanol–water partition coefficient (Wildman–Crippen LogP) is 4.58. The van der Waals surface area contributed by atoms with Crippen LogP contribution in [0.25, 0.3) is 0 Å². The summed E-state index contributed by atoms with van der Waals surface area (Å²) in [6.07, 6.45) is -2.02. The Hall–Kier alpha value is -4.80. The highest BCUT2D eigenvalue weighted by molar-refractivity contribution is 5.76. The number of aromatic amines is 1. The summed E-state index contributed by atoms with van der Waals surface area (Å²) in [5.41, 5.74) is -0.759. The average Bonchev–Trinajstić information content (AvgIpc) is 3.38. The van der Waals surface area contributed by atoms with E-state index in [2.05, 4.69) is 4.98 Å². The first-order chi connectivity index (χ1) is 22.0. The zero-order chi connectivity index (χ0) is 32.9. The third kappa shape index (κ3) is 6.73. The van der Waals surface area contributed by atoms with Gasteiger partial charge in [0.25, 0.3) is 5.56 Å². The molecule has 1 aliphatic heterocycles. The summed E-state index contributed by atoms with van der Waals surface area (Å²) >= 11 is 0. The molecule has 3 aromatic carbocycles. The molecule has 0 spiro atoms. The zero-order valence-electron chi connectivity index (χ0n) is 26.3. The number of hydrogen-bond acceptors (Lipinski definition) is 8. The first-order valence-corrected chi connectivity index (χ1v) is 15.1. The van der Waals surface area contributed by atoms with Crippen molar-refractivity contribution in [1.29, 1.82) is 0 Å². The summed E-state index contributed by atoms with van der Waals surface area (Å²) in [5.74, 6) is -1.87. The highest BCUT2D eigenvalue weighted by Gasteiger charge is 2.51. The Morgan fingerprint density at radius 3 is 1.80 bits per heavy atom. The molecule has 0 saturated carbocycles. The molecule has 1 aliphatic rings. The van der Waals surface area contributed by atoms with Crippen molar-refractivity contribution in [2.45, 2.75) is 51.2 Å². The topological polar surface area (TPSA) is 126 Å². The molecular formula is C36H38N2O8. The summed E-state index contributed by atoms with van der Waals surface area (Å²) in [7, 11) is 1.27. The molecule has 1 aromatic heterocycles. The maximum atomic E-state index is 13.2. The van der Waals surface area contributed by atoms with E-state index in [0.29, 0.717) is 0 Å². The fourth-order valence-electron chi connectivity index (χ4n) is 5.74. The van der Waals surface area contributed by atoms with E-state index in [0.717, 1.165) is 21.3 Å². The van der Waals surface area contributed by atoms with Crippen LogP contribution in [0.3, 0.4) is 0 Å². The average molecular weight is 627 g/mol. The number of rotatable bonds is 10. The second-order valence-electron chi connectivity index (χ2n) is 12.2.